The molecule has 0 bridgehead atoms. The van der Waals surface area contributed by atoms with Crippen LogP contribution in [0.5, 0.6) is 0 Å². The van der Waals surface area contributed by atoms with E-state index < -0.39 is 18.4 Å². The molecule has 0 rings (SSSR count). The number of Topliss-reactive ketones (excluding diaryl/α,β-unsaturated/α-hetero) is 1. The summed E-state index contributed by atoms with van der Waals surface area (Å²) in [5.74, 6) is -1.18. The quantitative estimate of drug-likeness (QED) is 0.284. The number of alkyl halides is 3. The zero-order valence-corrected chi connectivity index (χ0v) is 18.6. The van der Waals surface area contributed by atoms with Crippen molar-refractivity contribution in [3.05, 3.63) is 34.9 Å². The van der Waals surface area contributed by atoms with E-state index in [1.54, 1.807) is 0 Å². The monoisotopic (exact) mass is 400 g/mol. The van der Waals surface area contributed by atoms with E-state index in [0.717, 1.165) is 38.5 Å². The Morgan fingerprint density at radius 1 is 0.750 bits per heavy atom. The summed E-state index contributed by atoms with van der Waals surface area (Å²) in [6, 6.07) is 0. The van der Waals surface area contributed by atoms with E-state index >= 15 is 0 Å². The third kappa shape index (κ3) is 13.8. The van der Waals surface area contributed by atoms with Crippen molar-refractivity contribution in [3.63, 3.8) is 0 Å². The van der Waals surface area contributed by atoms with Gasteiger partial charge in [0.05, 0.1) is 0 Å². The van der Waals surface area contributed by atoms with Crippen LogP contribution in [0.25, 0.3) is 0 Å². The van der Waals surface area contributed by atoms with Gasteiger partial charge in [0.25, 0.3) is 0 Å². The second-order valence-electron chi connectivity index (χ2n) is 8.45. The minimum absolute atomic E-state index is 0.117. The SMILES string of the molecule is CC(C)=CCCC(C)=CCCC(C)=CCCC(C)C(C)CCC(=O)C(F)(F)F. The third-order valence-corrected chi connectivity index (χ3v) is 5.35. The molecule has 0 N–H and O–H groups in total. The highest BCUT2D eigenvalue weighted by atomic mass is 19.4. The molecule has 0 aliphatic heterocycles. The molecule has 0 saturated heterocycles. The van der Waals surface area contributed by atoms with Crippen molar-refractivity contribution in [2.45, 2.75) is 99.1 Å². The van der Waals surface area contributed by atoms with E-state index in [9.17, 15) is 18.0 Å². The van der Waals surface area contributed by atoms with Gasteiger partial charge in [0.2, 0.25) is 5.78 Å². The van der Waals surface area contributed by atoms with Gasteiger partial charge in [-0.2, -0.15) is 13.2 Å². The zero-order valence-electron chi connectivity index (χ0n) is 18.6. The lowest BCUT2D eigenvalue weighted by molar-refractivity contribution is -0.171. The highest BCUT2D eigenvalue weighted by molar-refractivity contribution is 5.83. The van der Waals surface area contributed by atoms with Crippen LogP contribution in [-0.2, 0) is 4.79 Å². The number of hydrogen-bond donors (Lipinski definition) is 0. The average Bonchev–Trinajstić information content (AvgIpc) is 2.57. The molecular formula is C24H39F3O. The molecule has 0 fully saturated rings. The molecule has 0 aromatic carbocycles. The Bertz CT molecular complexity index is 549. The second-order valence-corrected chi connectivity index (χ2v) is 8.45. The van der Waals surface area contributed by atoms with E-state index in [0.29, 0.717) is 12.3 Å². The summed E-state index contributed by atoms with van der Waals surface area (Å²) < 4.78 is 36.8. The van der Waals surface area contributed by atoms with E-state index in [1.807, 2.05) is 6.92 Å². The molecule has 0 spiro atoms. The maximum Gasteiger partial charge on any atom is 0.449 e. The van der Waals surface area contributed by atoms with Gasteiger partial charge >= 0.3 is 6.18 Å². The van der Waals surface area contributed by atoms with Gasteiger partial charge in [-0.1, -0.05) is 48.8 Å². The molecule has 162 valence electrons. The minimum Gasteiger partial charge on any atom is -0.290 e. The molecule has 4 heteroatoms. The molecular weight excluding hydrogens is 361 g/mol. The Morgan fingerprint density at radius 3 is 1.71 bits per heavy atom. The fourth-order valence-electron chi connectivity index (χ4n) is 3.00. The summed E-state index contributed by atoms with van der Waals surface area (Å²) in [6.45, 7) is 12.6. The molecule has 0 heterocycles. The molecule has 0 aromatic heterocycles. The minimum atomic E-state index is -4.69. The Labute approximate surface area is 170 Å². The maximum absolute atomic E-state index is 12.3. The molecule has 2 unspecified atom stereocenters. The van der Waals surface area contributed by atoms with Crippen molar-refractivity contribution < 1.29 is 18.0 Å². The van der Waals surface area contributed by atoms with E-state index in [1.165, 1.54) is 16.7 Å². The van der Waals surface area contributed by atoms with Crippen LogP contribution in [0.4, 0.5) is 13.2 Å². The van der Waals surface area contributed by atoms with Crippen LogP contribution in [-0.4, -0.2) is 12.0 Å². The Hall–Kier alpha value is -1.32. The van der Waals surface area contributed by atoms with Crippen molar-refractivity contribution in [1.82, 2.24) is 0 Å². The second kappa shape index (κ2) is 13.8. The summed E-state index contributed by atoms with van der Waals surface area (Å²) in [6.07, 6.45) is 8.23. The first kappa shape index (κ1) is 26.7. The summed E-state index contributed by atoms with van der Waals surface area (Å²) in [4.78, 5) is 11.0. The van der Waals surface area contributed by atoms with Crippen molar-refractivity contribution in [1.29, 1.82) is 0 Å². The molecule has 0 radical (unpaired) electrons. The number of allylic oxidation sites excluding steroid dienone is 6. The Morgan fingerprint density at radius 2 is 1.21 bits per heavy atom. The molecule has 0 saturated carbocycles. The van der Waals surface area contributed by atoms with E-state index in [4.69, 9.17) is 0 Å². The van der Waals surface area contributed by atoms with E-state index in [2.05, 4.69) is 52.8 Å². The van der Waals surface area contributed by atoms with Crippen LogP contribution in [0.15, 0.2) is 34.9 Å². The fraction of sp³-hybridized carbons (Fsp3) is 0.708. The number of halogens is 3. The standard InChI is InChI=1S/C24H39F3O/c1-18(2)10-7-11-19(3)12-8-13-20(4)14-9-15-21(5)22(6)16-17-23(28)24(25,26)27/h10,12,14,21-22H,7-9,11,13,15-17H2,1-6H3. The van der Waals surface area contributed by atoms with E-state index in [-0.39, 0.29) is 5.92 Å². The Kier molecular flexibility index (Phi) is 13.1. The number of hydrogen-bond acceptors (Lipinski definition) is 1. The van der Waals surface area contributed by atoms with Crippen LogP contribution < -0.4 is 0 Å². The lowest BCUT2D eigenvalue weighted by Gasteiger charge is -2.19. The summed E-state index contributed by atoms with van der Waals surface area (Å²) in [7, 11) is 0. The van der Waals surface area contributed by atoms with Crippen molar-refractivity contribution >= 4 is 5.78 Å². The van der Waals surface area contributed by atoms with Crippen molar-refractivity contribution in [2.75, 3.05) is 0 Å². The maximum atomic E-state index is 12.3. The van der Waals surface area contributed by atoms with Gasteiger partial charge in [0, 0.05) is 6.42 Å². The van der Waals surface area contributed by atoms with Gasteiger partial charge in [-0.3, -0.25) is 4.79 Å². The molecule has 28 heavy (non-hydrogen) atoms. The molecule has 0 aromatic rings. The van der Waals surface area contributed by atoms with Gasteiger partial charge in [0.1, 0.15) is 0 Å². The molecule has 0 aliphatic rings. The third-order valence-electron chi connectivity index (χ3n) is 5.35. The first-order chi connectivity index (χ1) is 12.9. The summed E-state index contributed by atoms with van der Waals surface area (Å²) >= 11 is 0. The summed E-state index contributed by atoms with van der Waals surface area (Å²) in [5, 5.41) is 0. The molecule has 0 aliphatic carbocycles. The molecule has 0 amide bonds. The van der Waals surface area contributed by atoms with Crippen LogP contribution in [0.3, 0.4) is 0 Å². The van der Waals surface area contributed by atoms with Gasteiger partial charge < -0.3 is 0 Å². The largest absolute Gasteiger partial charge is 0.449 e. The van der Waals surface area contributed by atoms with Crippen LogP contribution in [0, 0.1) is 11.8 Å². The first-order valence-corrected chi connectivity index (χ1v) is 10.5. The molecule has 1 nitrogen and oxygen atoms in total. The van der Waals surface area contributed by atoms with Gasteiger partial charge in [-0.05, 0) is 84.5 Å². The van der Waals surface area contributed by atoms with Crippen LogP contribution in [0.2, 0.25) is 0 Å². The lowest BCUT2D eigenvalue weighted by Crippen LogP contribution is -2.23. The predicted molar refractivity (Wildman–Crippen MR) is 113 cm³/mol. The highest BCUT2D eigenvalue weighted by Gasteiger charge is 2.37. The predicted octanol–water partition coefficient (Wildman–Crippen LogP) is 8.37. The summed E-state index contributed by atoms with van der Waals surface area (Å²) in [5.41, 5.74) is 4.16. The van der Waals surface area contributed by atoms with Crippen LogP contribution in [0.1, 0.15) is 92.9 Å². The fourth-order valence-corrected chi connectivity index (χ4v) is 3.00. The van der Waals surface area contributed by atoms with Crippen molar-refractivity contribution in [3.8, 4) is 0 Å². The number of ketones is 1. The first-order valence-electron chi connectivity index (χ1n) is 10.5. The number of carbonyl (C=O) groups is 1. The average molecular weight is 401 g/mol. The number of rotatable bonds is 13. The smallest absolute Gasteiger partial charge is 0.290 e. The topological polar surface area (TPSA) is 17.1 Å². The van der Waals surface area contributed by atoms with Crippen LogP contribution >= 0.6 is 0 Å². The van der Waals surface area contributed by atoms with Gasteiger partial charge in [-0.25, -0.2) is 0 Å². The zero-order chi connectivity index (χ0) is 21.7. The molecule has 2 atom stereocenters. The van der Waals surface area contributed by atoms with Gasteiger partial charge in [-0.15, -0.1) is 0 Å². The highest BCUT2D eigenvalue weighted by Crippen LogP contribution is 2.25. The number of carbonyl (C=O) groups excluding carboxylic acids is 1. The van der Waals surface area contributed by atoms with Gasteiger partial charge in [0.15, 0.2) is 0 Å². The Balaban J connectivity index is 4.12. The normalized spacial score (nSPS) is 15.3. The van der Waals surface area contributed by atoms with Crippen molar-refractivity contribution in [2.24, 2.45) is 11.8 Å². The lowest BCUT2D eigenvalue weighted by atomic mass is 9.87.